The minimum Gasteiger partial charge on any atom is -0.466 e. The van der Waals surface area contributed by atoms with Crippen LogP contribution in [-0.2, 0) is 16.1 Å². The fourth-order valence-electron chi connectivity index (χ4n) is 4.77. The Balaban J connectivity index is 1.53. The number of nitrogens with one attached hydrogen (secondary N) is 1. The van der Waals surface area contributed by atoms with Gasteiger partial charge in [0, 0.05) is 25.2 Å². The lowest BCUT2D eigenvalue weighted by atomic mass is 9.97. The predicted octanol–water partition coefficient (Wildman–Crippen LogP) is 4.36. The largest absolute Gasteiger partial charge is 0.466 e. The first-order valence-corrected chi connectivity index (χ1v) is 12.3. The molecule has 2 aromatic rings. The van der Waals surface area contributed by atoms with Crippen LogP contribution in [0.1, 0.15) is 62.2 Å². The third-order valence-corrected chi connectivity index (χ3v) is 6.92. The van der Waals surface area contributed by atoms with Crippen LogP contribution in [0.2, 0.25) is 0 Å². The molecule has 0 spiro atoms. The molecule has 1 aromatic heterocycles. The number of likely N-dealkylation sites (tertiary alicyclic amines) is 1. The number of aromatic amines is 1. The third-order valence-electron chi connectivity index (χ3n) is 6.60. The molecule has 1 amide bonds. The number of hydrogen-bond donors (Lipinski definition) is 1. The van der Waals surface area contributed by atoms with Gasteiger partial charge in [0.15, 0.2) is 4.77 Å². The van der Waals surface area contributed by atoms with E-state index < -0.39 is 0 Å². The Labute approximate surface area is 198 Å². The SMILES string of the molecule is CCOC(=O)C1CCCN(C(=O)c2ccc3c(=O)n(CCC4=CCCCC4)c(=S)[nH]c3c2)C1. The summed E-state index contributed by atoms with van der Waals surface area (Å²) in [6.07, 6.45) is 9.25. The van der Waals surface area contributed by atoms with E-state index in [0.717, 1.165) is 32.1 Å². The molecule has 1 aliphatic carbocycles. The van der Waals surface area contributed by atoms with Crippen molar-refractivity contribution in [3.63, 3.8) is 0 Å². The minimum absolute atomic E-state index is 0.135. The summed E-state index contributed by atoms with van der Waals surface area (Å²) in [5, 5.41) is 0.515. The van der Waals surface area contributed by atoms with Crippen molar-refractivity contribution in [3.8, 4) is 0 Å². The molecule has 1 fully saturated rings. The molecule has 2 aliphatic rings. The van der Waals surface area contributed by atoms with Gasteiger partial charge in [-0.3, -0.25) is 19.0 Å². The number of nitrogens with zero attached hydrogens (tertiary/aromatic N) is 2. The van der Waals surface area contributed by atoms with Crippen LogP contribution in [0.5, 0.6) is 0 Å². The second-order valence-electron chi connectivity index (χ2n) is 8.85. The standard InChI is InChI=1S/C25H31N3O4S/c1-2-32-24(31)19-9-6-13-27(16-19)22(29)18-10-11-20-21(15-18)26-25(33)28(23(20)30)14-12-17-7-4-3-5-8-17/h7,10-11,15,19H,2-6,8-9,12-14,16H2,1H3,(H,26,33). The number of carbonyl (C=O) groups excluding carboxylic acids is 2. The molecular weight excluding hydrogens is 438 g/mol. The van der Waals surface area contributed by atoms with Crippen molar-refractivity contribution in [2.24, 2.45) is 5.92 Å². The minimum atomic E-state index is -0.291. The summed E-state index contributed by atoms with van der Waals surface area (Å²) in [4.78, 5) is 43.2. The predicted molar refractivity (Wildman–Crippen MR) is 130 cm³/mol. The van der Waals surface area contributed by atoms with Gasteiger partial charge in [-0.25, -0.2) is 0 Å². The number of allylic oxidation sites excluding steroid dienone is 2. The van der Waals surface area contributed by atoms with Crippen LogP contribution in [0, 0.1) is 10.7 Å². The van der Waals surface area contributed by atoms with Crippen LogP contribution in [-0.4, -0.2) is 46.0 Å². The zero-order valence-electron chi connectivity index (χ0n) is 19.1. The van der Waals surface area contributed by atoms with Crippen molar-refractivity contribution in [3.05, 3.63) is 50.5 Å². The average Bonchev–Trinajstić information content (AvgIpc) is 2.84. The van der Waals surface area contributed by atoms with Gasteiger partial charge in [-0.15, -0.1) is 0 Å². The second-order valence-corrected chi connectivity index (χ2v) is 9.23. The quantitative estimate of drug-likeness (QED) is 0.386. The molecule has 0 saturated carbocycles. The molecule has 0 radical (unpaired) electrons. The molecule has 1 aliphatic heterocycles. The number of amides is 1. The van der Waals surface area contributed by atoms with Gasteiger partial charge >= 0.3 is 5.97 Å². The molecule has 1 atom stereocenters. The van der Waals surface area contributed by atoms with Crippen molar-refractivity contribution < 1.29 is 14.3 Å². The molecule has 176 valence electrons. The van der Waals surface area contributed by atoms with Gasteiger partial charge in [-0.1, -0.05) is 11.6 Å². The lowest BCUT2D eigenvalue weighted by molar-refractivity contribution is -0.149. The second kappa shape index (κ2) is 10.5. The number of hydrogen-bond acceptors (Lipinski definition) is 5. The number of H-pyrrole nitrogens is 1. The number of fused-ring (bicyclic) bond motifs is 1. The molecule has 33 heavy (non-hydrogen) atoms. The first kappa shape index (κ1) is 23.4. The number of esters is 1. The van der Waals surface area contributed by atoms with Gasteiger partial charge < -0.3 is 14.6 Å². The lowest BCUT2D eigenvalue weighted by Crippen LogP contribution is -2.42. The highest BCUT2D eigenvalue weighted by molar-refractivity contribution is 7.71. The van der Waals surface area contributed by atoms with E-state index in [1.165, 1.54) is 18.4 Å². The van der Waals surface area contributed by atoms with Gasteiger partial charge in [0.25, 0.3) is 11.5 Å². The Morgan fingerprint density at radius 1 is 1.24 bits per heavy atom. The molecule has 0 bridgehead atoms. The number of aromatic nitrogens is 2. The van der Waals surface area contributed by atoms with E-state index in [1.807, 2.05) is 0 Å². The summed E-state index contributed by atoms with van der Waals surface area (Å²) < 4.78 is 7.12. The van der Waals surface area contributed by atoms with Crippen LogP contribution in [0.15, 0.2) is 34.6 Å². The van der Waals surface area contributed by atoms with Crippen molar-refractivity contribution >= 4 is 35.0 Å². The molecule has 1 N–H and O–H groups in total. The van der Waals surface area contributed by atoms with E-state index >= 15 is 0 Å². The van der Waals surface area contributed by atoms with Gasteiger partial charge in [0.1, 0.15) is 0 Å². The van der Waals surface area contributed by atoms with Gasteiger partial charge in [0.05, 0.1) is 23.4 Å². The van der Waals surface area contributed by atoms with Crippen LogP contribution >= 0.6 is 12.2 Å². The van der Waals surface area contributed by atoms with Crippen molar-refractivity contribution in [1.29, 1.82) is 0 Å². The van der Waals surface area contributed by atoms with E-state index in [9.17, 15) is 14.4 Å². The molecule has 4 rings (SSSR count). The summed E-state index contributed by atoms with van der Waals surface area (Å²) in [6.45, 7) is 3.62. The lowest BCUT2D eigenvalue weighted by Gasteiger charge is -2.31. The van der Waals surface area contributed by atoms with E-state index in [-0.39, 0.29) is 23.4 Å². The Bertz CT molecular complexity index is 1200. The Kier molecular flexibility index (Phi) is 7.42. The summed E-state index contributed by atoms with van der Waals surface area (Å²) in [6, 6.07) is 5.07. The topological polar surface area (TPSA) is 84.4 Å². The van der Waals surface area contributed by atoms with Crippen molar-refractivity contribution in [2.45, 2.75) is 58.4 Å². The molecule has 1 unspecified atom stereocenters. The van der Waals surface area contributed by atoms with Gasteiger partial charge in [-0.2, -0.15) is 0 Å². The number of benzene rings is 1. The highest BCUT2D eigenvalue weighted by Crippen LogP contribution is 2.22. The van der Waals surface area contributed by atoms with Crippen LogP contribution < -0.4 is 5.56 Å². The summed E-state index contributed by atoms with van der Waals surface area (Å²) in [5.41, 5.74) is 2.29. The maximum absolute atomic E-state index is 13.1. The number of piperidine rings is 1. The molecule has 8 heteroatoms. The maximum Gasteiger partial charge on any atom is 0.310 e. The summed E-state index contributed by atoms with van der Waals surface area (Å²) in [7, 11) is 0. The van der Waals surface area contributed by atoms with E-state index in [4.69, 9.17) is 17.0 Å². The Hall–Kier alpha value is -2.74. The third kappa shape index (κ3) is 5.27. The van der Waals surface area contributed by atoms with Gasteiger partial charge in [0.2, 0.25) is 0 Å². The molecule has 1 aromatic carbocycles. The number of ether oxygens (including phenoxy) is 1. The first-order chi connectivity index (χ1) is 16.0. The molecule has 7 nitrogen and oxygen atoms in total. The van der Waals surface area contributed by atoms with Crippen molar-refractivity contribution in [2.75, 3.05) is 19.7 Å². The highest BCUT2D eigenvalue weighted by Gasteiger charge is 2.30. The van der Waals surface area contributed by atoms with Crippen LogP contribution in [0.3, 0.4) is 0 Å². The van der Waals surface area contributed by atoms with Crippen LogP contribution in [0.25, 0.3) is 10.9 Å². The number of carbonyl (C=O) groups is 2. The highest BCUT2D eigenvalue weighted by atomic mass is 32.1. The van der Waals surface area contributed by atoms with E-state index in [2.05, 4.69) is 11.1 Å². The average molecular weight is 470 g/mol. The fraction of sp³-hybridized carbons (Fsp3) is 0.520. The molecular formula is C25H31N3O4S. The Morgan fingerprint density at radius 3 is 2.85 bits per heavy atom. The van der Waals surface area contributed by atoms with Crippen LogP contribution in [0.4, 0.5) is 0 Å². The first-order valence-electron chi connectivity index (χ1n) is 11.9. The monoisotopic (exact) mass is 469 g/mol. The van der Waals surface area contributed by atoms with Gasteiger partial charge in [-0.05, 0) is 82.3 Å². The van der Waals surface area contributed by atoms with E-state index in [1.54, 1.807) is 34.6 Å². The number of rotatable bonds is 6. The fourth-order valence-corrected chi connectivity index (χ4v) is 5.06. The summed E-state index contributed by atoms with van der Waals surface area (Å²) in [5.74, 6) is -0.693. The van der Waals surface area contributed by atoms with Crippen molar-refractivity contribution in [1.82, 2.24) is 14.5 Å². The zero-order valence-corrected chi connectivity index (χ0v) is 19.9. The maximum atomic E-state index is 13.1. The Morgan fingerprint density at radius 2 is 2.09 bits per heavy atom. The normalized spacial score (nSPS) is 18.8. The van der Waals surface area contributed by atoms with E-state index in [0.29, 0.717) is 47.5 Å². The molecule has 2 heterocycles. The smallest absolute Gasteiger partial charge is 0.310 e. The molecule has 1 saturated heterocycles. The summed E-state index contributed by atoms with van der Waals surface area (Å²) >= 11 is 5.48. The zero-order chi connectivity index (χ0) is 23.4.